The summed E-state index contributed by atoms with van der Waals surface area (Å²) < 4.78 is 11.0. The average molecular weight is 297 g/mol. The normalized spacial score (nSPS) is 11.9. The van der Waals surface area contributed by atoms with Crippen molar-refractivity contribution in [3.05, 3.63) is 0 Å². The maximum absolute atomic E-state index is 5.50. The van der Waals surface area contributed by atoms with Crippen LogP contribution in [-0.4, -0.2) is 13.2 Å². The van der Waals surface area contributed by atoms with Crippen LogP contribution in [0.4, 0.5) is 0 Å². The fraction of sp³-hybridized carbons (Fsp3) is 1.00. The summed E-state index contributed by atoms with van der Waals surface area (Å²) in [6, 6.07) is 0. The molecule has 0 atom stereocenters. The molecule has 0 bridgehead atoms. The quantitative estimate of drug-likeness (QED) is 0.288. The Balaban J connectivity index is 3.42. The molecule has 0 spiro atoms. The third kappa shape index (κ3) is 13.2. The Kier molecular flexibility index (Phi) is 12.6. The van der Waals surface area contributed by atoms with Crippen molar-refractivity contribution in [1.82, 2.24) is 0 Å². The van der Waals surface area contributed by atoms with Gasteiger partial charge in [-0.15, -0.1) is 0 Å². The zero-order chi connectivity index (χ0) is 13.0. The van der Waals surface area contributed by atoms with E-state index in [4.69, 9.17) is 33.1 Å². The Morgan fingerprint density at radius 2 is 1.24 bits per heavy atom. The van der Waals surface area contributed by atoms with Crippen LogP contribution in [0.25, 0.3) is 0 Å². The molecule has 2 nitrogen and oxygen atoms in total. The molecule has 0 rings (SSSR count). The van der Waals surface area contributed by atoms with Crippen LogP contribution in [0.15, 0.2) is 0 Å². The predicted octanol–water partition coefficient (Wildman–Crippen LogP) is 4.95. The van der Waals surface area contributed by atoms with Crippen LogP contribution in [0.5, 0.6) is 0 Å². The van der Waals surface area contributed by atoms with Gasteiger partial charge in [0.1, 0.15) is 0 Å². The summed E-state index contributed by atoms with van der Waals surface area (Å²) in [5.41, 5.74) is -2.37. The van der Waals surface area contributed by atoms with Crippen molar-refractivity contribution in [3.8, 4) is 0 Å². The van der Waals surface area contributed by atoms with Crippen LogP contribution < -0.4 is 0 Å². The molecule has 0 aromatic rings. The van der Waals surface area contributed by atoms with E-state index in [1.54, 1.807) is 0 Å². The monoisotopic (exact) mass is 297 g/mol. The zero-order valence-electron chi connectivity index (χ0n) is 11.2. The molecule has 0 aliphatic carbocycles. The summed E-state index contributed by atoms with van der Waals surface area (Å²) in [7, 11) is 0. The number of unbranched alkanes of at least 4 members (excludes halogenated alkanes) is 6. The van der Waals surface area contributed by atoms with Crippen molar-refractivity contribution >= 4 is 29.7 Å². The highest BCUT2D eigenvalue weighted by atomic mass is 32.9. The summed E-state index contributed by atoms with van der Waals surface area (Å²) in [5, 5.41) is 0. The van der Waals surface area contributed by atoms with Crippen LogP contribution in [0.1, 0.15) is 65.2 Å². The Hall–Kier alpha value is 0.920. The van der Waals surface area contributed by atoms with Crippen molar-refractivity contribution in [2.45, 2.75) is 65.2 Å². The summed E-state index contributed by atoms with van der Waals surface area (Å²) in [6.07, 6.45) is 9.44. The molecule has 0 saturated heterocycles. The topological polar surface area (TPSA) is 18.5 Å². The highest BCUT2D eigenvalue weighted by Crippen LogP contribution is 2.46. The first-order valence-corrected chi connectivity index (χ1v) is 10.4. The molecule has 0 aliphatic rings. The van der Waals surface area contributed by atoms with Gasteiger partial charge in [0, 0.05) is 0 Å². The summed E-state index contributed by atoms with van der Waals surface area (Å²) in [4.78, 5) is 0. The van der Waals surface area contributed by atoms with E-state index < -0.39 is 5.69 Å². The Morgan fingerprint density at radius 1 is 0.824 bits per heavy atom. The molecule has 0 aromatic heterocycles. The molecule has 104 valence electrons. The van der Waals surface area contributed by atoms with E-state index in [9.17, 15) is 0 Å². The van der Waals surface area contributed by atoms with Gasteiger partial charge < -0.3 is 21.3 Å². The van der Waals surface area contributed by atoms with E-state index in [2.05, 4.69) is 13.8 Å². The number of hydrogen-bond donors (Lipinski definition) is 0. The molecule has 0 amide bonds. The largest absolute Gasteiger partial charge is 0.691 e. The number of rotatable bonds is 12. The zero-order valence-corrected chi connectivity index (χ0v) is 13.7. The second kappa shape index (κ2) is 12.0. The van der Waals surface area contributed by atoms with Gasteiger partial charge in [0.15, 0.2) is 0 Å². The van der Waals surface area contributed by atoms with Crippen LogP contribution >= 0.6 is 5.69 Å². The van der Waals surface area contributed by atoms with Gasteiger partial charge in [-0.1, -0.05) is 64.2 Å². The fourth-order valence-electron chi connectivity index (χ4n) is 1.45. The van der Waals surface area contributed by atoms with E-state index in [0.717, 1.165) is 12.8 Å². The molecule has 0 heterocycles. The maximum Gasteiger partial charge on any atom is 0.0563 e. The van der Waals surface area contributed by atoms with E-state index in [-0.39, 0.29) is 0 Å². The molecule has 17 heavy (non-hydrogen) atoms. The lowest BCUT2D eigenvalue weighted by Crippen LogP contribution is -1.97. The van der Waals surface area contributed by atoms with E-state index >= 15 is 0 Å². The Bertz CT molecular complexity index is 195. The van der Waals surface area contributed by atoms with Crippen LogP contribution in [-0.2, 0) is 33.1 Å². The molecule has 0 N–H and O–H groups in total. The van der Waals surface area contributed by atoms with Gasteiger partial charge >= 0.3 is 0 Å². The van der Waals surface area contributed by atoms with Gasteiger partial charge in [-0.3, -0.25) is 0 Å². The average Bonchev–Trinajstić information content (AvgIpc) is 2.28. The summed E-state index contributed by atoms with van der Waals surface area (Å²) in [6.45, 7) is 5.71. The smallest absolute Gasteiger partial charge is 0.0563 e. The first-order chi connectivity index (χ1) is 8.12. The minimum atomic E-state index is -2.37. The lowest BCUT2D eigenvalue weighted by atomic mass is 10.2. The van der Waals surface area contributed by atoms with E-state index in [1.165, 1.54) is 38.5 Å². The van der Waals surface area contributed by atoms with Gasteiger partial charge in [0.25, 0.3) is 0 Å². The molecule has 0 saturated carbocycles. The maximum atomic E-state index is 5.50. The molecular weight excluding hydrogens is 271 g/mol. The van der Waals surface area contributed by atoms with Gasteiger partial charge in [-0.25, -0.2) is 0 Å². The van der Waals surface area contributed by atoms with Crippen molar-refractivity contribution in [3.63, 3.8) is 0 Å². The van der Waals surface area contributed by atoms with Gasteiger partial charge in [0.2, 0.25) is 0 Å². The fourth-order valence-corrected chi connectivity index (χ4v) is 3.12. The molecule has 0 radical (unpaired) electrons. The Morgan fingerprint density at radius 3 is 1.59 bits per heavy atom. The predicted molar refractivity (Wildman–Crippen MR) is 81.8 cm³/mol. The van der Waals surface area contributed by atoms with Crippen molar-refractivity contribution < 1.29 is 9.05 Å². The molecule has 0 unspecified atom stereocenters. The van der Waals surface area contributed by atoms with Gasteiger partial charge in [-0.2, -0.15) is 0 Å². The minimum absolute atomic E-state index is 0.662. The first-order valence-electron chi connectivity index (χ1n) is 6.72. The molecule has 0 aliphatic heterocycles. The molecule has 5 heteroatoms. The second-order valence-corrected chi connectivity index (χ2v) is 9.22. The van der Waals surface area contributed by atoms with Crippen LogP contribution in [0.3, 0.4) is 0 Å². The summed E-state index contributed by atoms with van der Waals surface area (Å²) >= 11 is 10.4. The molecular formula is C12H26O2PS2-. The number of hydrogen-bond acceptors (Lipinski definition) is 4. The highest BCUT2D eigenvalue weighted by molar-refractivity contribution is 8.51. The Labute approximate surface area is 117 Å². The van der Waals surface area contributed by atoms with Crippen molar-refractivity contribution in [1.29, 1.82) is 0 Å². The SMILES string of the molecule is CCCCCCOP(=S)([S-])OCCCCCC. The third-order valence-electron chi connectivity index (χ3n) is 2.49. The summed E-state index contributed by atoms with van der Waals surface area (Å²) in [5.74, 6) is 0. The van der Waals surface area contributed by atoms with Crippen LogP contribution in [0, 0.1) is 0 Å². The van der Waals surface area contributed by atoms with Crippen LogP contribution in [0.2, 0.25) is 0 Å². The van der Waals surface area contributed by atoms with E-state index in [0.29, 0.717) is 13.2 Å². The van der Waals surface area contributed by atoms with Gasteiger partial charge in [0.05, 0.1) is 18.9 Å². The first kappa shape index (κ1) is 17.9. The highest BCUT2D eigenvalue weighted by Gasteiger charge is 2.01. The lowest BCUT2D eigenvalue weighted by molar-refractivity contribution is 0.250. The van der Waals surface area contributed by atoms with Crippen molar-refractivity contribution in [2.75, 3.05) is 13.2 Å². The minimum Gasteiger partial charge on any atom is -0.691 e. The van der Waals surface area contributed by atoms with Gasteiger partial charge in [-0.05, 0) is 12.8 Å². The van der Waals surface area contributed by atoms with E-state index in [1.807, 2.05) is 0 Å². The lowest BCUT2D eigenvalue weighted by Gasteiger charge is -2.28. The second-order valence-electron chi connectivity index (χ2n) is 4.23. The van der Waals surface area contributed by atoms with Crippen molar-refractivity contribution in [2.24, 2.45) is 0 Å². The third-order valence-corrected chi connectivity index (χ3v) is 4.76. The molecule has 0 fully saturated rings. The standard InChI is InChI=1S/C12H27O2PS2/c1-3-5-7-9-11-13-15(16,17)14-12-10-8-6-4-2/h3-12H2,1-2H3,(H,16,17)/p-1. The molecule has 0 aromatic carbocycles.